The molecule has 7 heteroatoms. The number of nitrogens with one attached hydrogen (secondary N) is 1. The molecular formula is C17H23IN2O4. The molecule has 1 amide bonds. The fraction of sp³-hybridized carbons (Fsp3) is 0.412. The van der Waals surface area contributed by atoms with Crippen molar-refractivity contribution in [3.8, 4) is 5.75 Å². The maximum absolute atomic E-state index is 12.1. The van der Waals surface area contributed by atoms with E-state index in [-0.39, 0.29) is 41.1 Å². The van der Waals surface area contributed by atoms with Gasteiger partial charge in [0.15, 0.2) is 11.2 Å². The van der Waals surface area contributed by atoms with Gasteiger partial charge in [-0.1, -0.05) is 0 Å². The number of halogens is 1. The number of benzene rings is 1. The molecule has 0 saturated heterocycles. The van der Waals surface area contributed by atoms with Crippen LogP contribution in [0.15, 0.2) is 33.5 Å². The minimum absolute atomic E-state index is 0. The molecule has 0 bridgehead atoms. The van der Waals surface area contributed by atoms with E-state index in [9.17, 15) is 9.59 Å². The Morgan fingerprint density at radius 2 is 1.96 bits per heavy atom. The van der Waals surface area contributed by atoms with Crippen LogP contribution in [0.3, 0.4) is 0 Å². The number of ether oxygens (including phenoxy) is 1. The molecule has 2 rings (SSSR count). The van der Waals surface area contributed by atoms with Gasteiger partial charge < -0.3 is 42.9 Å². The number of methoxy groups -OCH3 is 1. The molecule has 2 aromatic rings. The molecule has 0 spiro atoms. The first kappa shape index (κ1) is 20.4. The lowest BCUT2D eigenvalue weighted by molar-refractivity contribution is -0.870. The molecule has 0 unspecified atom stereocenters. The van der Waals surface area contributed by atoms with Crippen LogP contribution in [0, 0.1) is 0 Å². The lowest BCUT2D eigenvalue weighted by atomic mass is 10.2. The molecule has 132 valence electrons. The number of carbonyl (C=O) groups is 1. The van der Waals surface area contributed by atoms with Crippen LogP contribution in [0.2, 0.25) is 0 Å². The number of amides is 1. The van der Waals surface area contributed by atoms with Crippen molar-refractivity contribution in [2.75, 3.05) is 41.3 Å². The molecule has 0 saturated carbocycles. The fourth-order valence-corrected chi connectivity index (χ4v) is 2.22. The largest absolute Gasteiger partial charge is 1.00 e. The minimum Gasteiger partial charge on any atom is -1.00 e. The van der Waals surface area contributed by atoms with Crippen molar-refractivity contribution < 1.29 is 42.4 Å². The molecule has 0 fully saturated rings. The van der Waals surface area contributed by atoms with Gasteiger partial charge in [-0.25, -0.2) is 0 Å². The highest BCUT2D eigenvalue weighted by Gasteiger charge is 2.13. The fourth-order valence-electron chi connectivity index (χ4n) is 2.22. The molecule has 6 nitrogen and oxygen atoms in total. The molecule has 1 aromatic carbocycles. The van der Waals surface area contributed by atoms with Crippen LogP contribution in [0.25, 0.3) is 11.0 Å². The minimum atomic E-state index is -0.374. The Kier molecular flexibility index (Phi) is 7.22. The molecule has 0 atom stereocenters. The molecule has 0 radical (unpaired) electrons. The Morgan fingerprint density at radius 1 is 1.25 bits per heavy atom. The van der Waals surface area contributed by atoms with Gasteiger partial charge in [-0.3, -0.25) is 9.59 Å². The van der Waals surface area contributed by atoms with Crippen molar-refractivity contribution >= 4 is 16.9 Å². The molecule has 1 aromatic heterocycles. The van der Waals surface area contributed by atoms with Gasteiger partial charge in [-0.05, 0) is 18.2 Å². The maximum atomic E-state index is 12.1. The summed E-state index contributed by atoms with van der Waals surface area (Å²) >= 11 is 0. The van der Waals surface area contributed by atoms with Crippen LogP contribution in [0.1, 0.15) is 17.0 Å². The Balaban J connectivity index is 0.00000288. The number of rotatable bonds is 6. The number of nitrogens with zero attached hydrogens (tertiary/aromatic N) is 1. The zero-order valence-corrected chi connectivity index (χ0v) is 16.5. The molecule has 0 aliphatic rings. The van der Waals surface area contributed by atoms with Crippen molar-refractivity contribution in [3.05, 3.63) is 40.2 Å². The average molecular weight is 446 g/mol. The van der Waals surface area contributed by atoms with Crippen molar-refractivity contribution in [2.45, 2.75) is 6.42 Å². The van der Waals surface area contributed by atoms with Crippen LogP contribution in [0.4, 0.5) is 0 Å². The Labute approximate surface area is 158 Å². The molecular weight excluding hydrogens is 423 g/mol. The van der Waals surface area contributed by atoms with E-state index < -0.39 is 0 Å². The van der Waals surface area contributed by atoms with E-state index in [1.54, 1.807) is 18.2 Å². The van der Waals surface area contributed by atoms with Crippen LogP contribution in [-0.4, -0.2) is 51.7 Å². The highest BCUT2D eigenvalue weighted by molar-refractivity contribution is 5.93. The molecule has 1 N–H and O–H groups in total. The highest BCUT2D eigenvalue weighted by atomic mass is 127. The summed E-state index contributed by atoms with van der Waals surface area (Å²) in [7, 11) is 7.82. The summed E-state index contributed by atoms with van der Waals surface area (Å²) < 4.78 is 11.5. The van der Waals surface area contributed by atoms with Crippen molar-refractivity contribution in [1.82, 2.24) is 5.32 Å². The first-order valence-corrected chi connectivity index (χ1v) is 7.51. The summed E-state index contributed by atoms with van der Waals surface area (Å²) in [6.45, 7) is 1.49. The topological polar surface area (TPSA) is 68.5 Å². The second-order valence-corrected chi connectivity index (χ2v) is 6.46. The third-order valence-corrected chi connectivity index (χ3v) is 3.45. The number of hydrogen-bond donors (Lipinski definition) is 1. The third-order valence-electron chi connectivity index (χ3n) is 3.45. The van der Waals surface area contributed by atoms with Crippen LogP contribution < -0.4 is 39.5 Å². The molecule has 0 aliphatic heterocycles. The van der Waals surface area contributed by atoms with E-state index in [0.29, 0.717) is 23.3 Å². The zero-order valence-electron chi connectivity index (χ0n) is 14.4. The van der Waals surface area contributed by atoms with Gasteiger partial charge >= 0.3 is 0 Å². The molecule has 1 heterocycles. The second kappa shape index (κ2) is 8.48. The summed E-state index contributed by atoms with van der Waals surface area (Å²) in [5.74, 6) is 0.224. The Bertz CT molecular complexity index is 765. The maximum Gasteiger partial charge on any atom is 0.287 e. The molecule has 24 heavy (non-hydrogen) atoms. The van der Waals surface area contributed by atoms with E-state index in [4.69, 9.17) is 9.15 Å². The van der Waals surface area contributed by atoms with E-state index in [0.717, 1.165) is 17.4 Å². The summed E-state index contributed by atoms with van der Waals surface area (Å²) in [5.41, 5.74) is 0.108. The first-order chi connectivity index (χ1) is 10.8. The van der Waals surface area contributed by atoms with E-state index in [1.165, 1.54) is 13.2 Å². The summed E-state index contributed by atoms with van der Waals surface area (Å²) in [6.07, 6.45) is 0.851. The third kappa shape index (κ3) is 5.48. The van der Waals surface area contributed by atoms with Crippen LogP contribution in [0.5, 0.6) is 5.75 Å². The molecule has 0 aliphatic carbocycles. The Hall–Kier alpha value is -1.61. The van der Waals surface area contributed by atoms with Gasteiger partial charge in [0, 0.05) is 19.0 Å². The summed E-state index contributed by atoms with van der Waals surface area (Å²) in [5, 5.41) is 3.17. The average Bonchev–Trinajstić information content (AvgIpc) is 2.50. The van der Waals surface area contributed by atoms with Crippen molar-refractivity contribution in [3.63, 3.8) is 0 Å². The highest BCUT2D eigenvalue weighted by Crippen LogP contribution is 2.18. The number of quaternary nitrogens is 1. The summed E-state index contributed by atoms with van der Waals surface area (Å²) in [4.78, 5) is 24.3. The SMILES string of the molecule is COc1ccc2oc(C(=O)NCCC[N+](C)(C)C)cc(=O)c2c1.[I-]. The van der Waals surface area contributed by atoms with Crippen LogP contribution >= 0.6 is 0 Å². The predicted molar refractivity (Wildman–Crippen MR) is 88.9 cm³/mol. The quantitative estimate of drug-likeness (QED) is 0.338. The second-order valence-electron chi connectivity index (χ2n) is 6.46. The van der Waals surface area contributed by atoms with Gasteiger partial charge in [0.1, 0.15) is 11.3 Å². The smallest absolute Gasteiger partial charge is 0.287 e. The van der Waals surface area contributed by atoms with Gasteiger partial charge in [0.25, 0.3) is 5.91 Å². The van der Waals surface area contributed by atoms with Gasteiger partial charge in [0.05, 0.1) is 40.2 Å². The number of hydrogen-bond acceptors (Lipinski definition) is 4. The summed E-state index contributed by atoms with van der Waals surface area (Å²) in [6, 6.07) is 6.14. The van der Waals surface area contributed by atoms with Gasteiger partial charge in [-0.15, -0.1) is 0 Å². The number of carbonyl (C=O) groups excluding carboxylic acids is 1. The zero-order chi connectivity index (χ0) is 17.0. The van der Waals surface area contributed by atoms with E-state index in [1.807, 2.05) is 0 Å². The van der Waals surface area contributed by atoms with Gasteiger partial charge in [-0.2, -0.15) is 0 Å². The Morgan fingerprint density at radius 3 is 2.58 bits per heavy atom. The van der Waals surface area contributed by atoms with Crippen molar-refractivity contribution in [2.24, 2.45) is 0 Å². The normalized spacial score (nSPS) is 11.0. The van der Waals surface area contributed by atoms with Gasteiger partial charge in [0.2, 0.25) is 0 Å². The van der Waals surface area contributed by atoms with E-state index in [2.05, 4.69) is 26.5 Å². The van der Waals surface area contributed by atoms with Crippen LogP contribution in [-0.2, 0) is 0 Å². The number of fused-ring (bicyclic) bond motifs is 1. The first-order valence-electron chi connectivity index (χ1n) is 7.51. The lowest BCUT2D eigenvalue weighted by Gasteiger charge is -2.23. The van der Waals surface area contributed by atoms with Crippen molar-refractivity contribution in [1.29, 1.82) is 0 Å². The van der Waals surface area contributed by atoms with E-state index >= 15 is 0 Å². The predicted octanol–water partition coefficient (Wildman–Crippen LogP) is -1.37. The standard InChI is InChI=1S/C17H22N2O4.HI/c1-19(2,3)9-5-8-18-17(21)16-11-14(20)13-10-12(22-4)6-7-15(13)23-16;/h6-7,10-11H,5,8-9H2,1-4H3;1H. The monoisotopic (exact) mass is 446 g/mol. The lowest BCUT2D eigenvalue weighted by Crippen LogP contribution is -3.00.